The summed E-state index contributed by atoms with van der Waals surface area (Å²) in [6.45, 7) is 13.2. The van der Waals surface area contributed by atoms with Crippen molar-refractivity contribution < 1.29 is 0 Å². The van der Waals surface area contributed by atoms with Gasteiger partial charge in [-0.1, -0.05) is 81.7 Å². The van der Waals surface area contributed by atoms with Gasteiger partial charge in [0.2, 0.25) is 0 Å². The minimum atomic E-state index is -1.56. The number of halogens is 1. The van der Waals surface area contributed by atoms with Crippen LogP contribution in [0.5, 0.6) is 0 Å². The zero-order valence-electron chi connectivity index (χ0n) is 13.5. The molecule has 0 saturated heterocycles. The molecule has 1 rings (SSSR count). The Morgan fingerprint density at radius 2 is 1.70 bits per heavy atom. The third-order valence-electron chi connectivity index (χ3n) is 3.26. The van der Waals surface area contributed by atoms with E-state index in [4.69, 9.17) is 10.7 Å². The highest BCUT2D eigenvalue weighted by atomic mass is 35.7. The number of hydrogen-bond donors (Lipinski definition) is 0. The molecule has 0 aliphatic rings. The topological polar surface area (TPSA) is 0 Å². The van der Waals surface area contributed by atoms with Crippen molar-refractivity contribution >= 4 is 19.9 Å². The normalized spacial score (nSPS) is 18.3. The molecule has 0 fully saturated rings. The highest BCUT2D eigenvalue weighted by molar-refractivity contribution is 8.54. The Bertz CT molecular complexity index is 480. The van der Waals surface area contributed by atoms with Gasteiger partial charge in [0.25, 0.3) is 0 Å². The molecule has 0 saturated carbocycles. The molecule has 1 atom stereocenters. The zero-order valence-corrected chi connectivity index (χ0v) is 15.1. The Morgan fingerprint density at radius 1 is 1.15 bits per heavy atom. The van der Waals surface area contributed by atoms with Crippen molar-refractivity contribution in [1.29, 1.82) is 0 Å². The molecule has 0 amide bonds. The molecule has 20 heavy (non-hydrogen) atoms. The number of hydrogen-bond acceptors (Lipinski definition) is 0. The molecule has 0 aromatic heterocycles. The highest BCUT2D eigenvalue weighted by Crippen LogP contribution is 2.75. The van der Waals surface area contributed by atoms with E-state index in [0.29, 0.717) is 5.92 Å². The van der Waals surface area contributed by atoms with Gasteiger partial charge in [0.05, 0.1) is 0 Å². The summed E-state index contributed by atoms with van der Waals surface area (Å²) in [5.74, 6) is 0.429. The number of allylic oxidation sites excluding steroid dienone is 4. The molecule has 0 heterocycles. The first kappa shape index (κ1) is 17.4. The van der Waals surface area contributed by atoms with Crippen molar-refractivity contribution in [3.8, 4) is 0 Å². The van der Waals surface area contributed by atoms with Crippen LogP contribution in [-0.2, 0) is 0 Å². The van der Waals surface area contributed by atoms with E-state index in [1.54, 1.807) is 0 Å². The van der Waals surface area contributed by atoms with E-state index in [0.717, 1.165) is 0 Å². The summed E-state index contributed by atoms with van der Waals surface area (Å²) in [5, 5.41) is 0. The summed E-state index contributed by atoms with van der Waals surface area (Å²) in [5.41, 5.74) is 0. The second-order valence-corrected chi connectivity index (χ2v) is 10.8. The molecule has 2 heteroatoms. The van der Waals surface area contributed by atoms with Crippen LogP contribution in [-0.4, -0.2) is 4.75 Å². The fraction of sp³-hybridized carbons (Fsp3) is 0.444. The summed E-state index contributed by atoms with van der Waals surface area (Å²) < 4.78 is 0.00753. The van der Waals surface area contributed by atoms with Crippen LogP contribution in [0.4, 0.5) is 0 Å². The summed E-state index contributed by atoms with van der Waals surface area (Å²) in [6.07, 6.45) is 6.38. The van der Waals surface area contributed by atoms with E-state index in [-0.39, 0.29) is 4.75 Å². The maximum absolute atomic E-state index is 7.32. The maximum Gasteiger partial charge on any atom is 0.0121 e. The van der Waals surface area contributed by atoms with Crippen LogP contribution < -0.4 is 0 Å². The summed E-state index contributed by atoms with van der Waals surface area (Å²) in [7, 11) is 5.75. The van der Waals surface area contributed by atoms with Crippen LogP contribution in [0.3, 0.4) is 0 Å². The average Bonchev–Trinajstić information content (AvgIpc) is 2.38. The Balaban J connectivity index is 3.54. The first-order chi connectivity index (χ1) is 9.25. The largest absolute Gasteiger partial charge is 0.107 e. The van der Waals surface area contributed by atoms with E-state index >= 15 is 0 Å². The summed E-state index contributed by atoms with van der Waals surface area (Å²) >= 11 is 0. The Hall–Kier alpha value is -0.660. The SMILES string of the molecule is C/C=C\C=C(/C(C)C)S(Cl)(c1ccccc1)C(C)(C)C. The molecule has 1 aromatic rings. The molecule has 1 unspecified atom stereocenters. The predicted molar refractivity (Wildman–Crippen MR) is 95.6 cm³/mol. The van der Waals surface area contributed by atoms with Gasteiger partial charge in [-0.3, -0.25) is 0 Å². The molecule has 0 radical (unpaired) electrons. The van der Waals surface area contributed by atoms with E-state index in [2.05, 4.69) is 77.1 Å². The lowest BCUT2D eigenvalue weighted by Gasteiger charge is -2.48. The van der Waals surface area contributed by atoms with Crippen LogP contribution in [0, 0.1) is 5.92 Å². The highest BCUT2D eigenvalue weighted by Gasteiger charge is 2.40. The minimum absolute atomic E-state index is 0.00753. The lowest BCUT2D eigenvalue weighted by atomic mass is 10.2. The smallest absolute Gasteiger partial charge is 0.0121 e. The van der Waals surface area contributed by atoms with Gasteiger partial charge in [0, 0.05) is 9.64 Å². The molecule has 0 aliphatic heterocycles. The van der Waals surface area contributed by atoms with Crippen molar-refractivity contribution in [3.05, 3.63) is 53.5 Å². The third-order valence-corrected chi connectivity index (χ3v) is 9.58. The number of rotatable bonds is 4. The second kappa shape index (κ2) is 6.87. The first-order valence-corrected chi connectivity index (χ1v) is 9.61. The van der Waals surface area contributed by atoms with Crippen LogP contribution in [0.2, 0.25) is 0 Å². The average molecular weight is 311 g/mol. The summed E-state index contributed by atoms with van der Waals surface area (Å²) in [4.78, 5) is 2.59. The van der Waals surface area contributed by atoms with Gasteiger partial charge in [-0.05, 0) is 29.9 Å². The standard InChI is InChI=1S/C18H27ClS/c1-7-8-14-17(15(2)3)20(19,18(4,5)6)16-12-10-9-11-13-16/h7-15H,1-6H3/b8-7-,17-14+. The quantitative estimate of drug-likeness (QED) is 0.529. The van der Waals surface area contributed by atoms with Crippen LogP contribution in [0.1, 0.15) is 41.5 Å². The predicted octanol–water partition coefficient (Wildman–Crippen LogP) is 6.92. The summed E-state index contributed by atoms with van der Waals surface area (Å²) in [6, 6.07) is 10.5. The van der Waals surface area contributed by atoms with Gasteiger partial charge in [-0.15, -0.1) is 9.24 Å². The van der Waals surface area contributed by atoms with Crippen molar-refractivity contribution in [1.82, 2.24) is 0 Å². The van der Waals surface area contributed by atoms with Gasteiger partial charge in [0.15, 0.2) is 0 Å². The molecular weight excluding hydrogens is 284 g/mol. The van der Waals surface area contributed by atoms with Crippen molar-refractivity contribution in [3.63, 3.8) is 0 Å². The molecule has 112 valence electrons. The van der Waals surface area contributed by atoms with E-state index in [1.165, 1.54) is 9.80 Å². The van der Waals surface area contributed by atoms with Gasteiger partial charge in [0.1, 0.15) is 0 Å². The Morgan fingerprint density at radius 3 is 2.10 bits per heavy atom. The molecule has 0 N–H and O–H groups in total. The van der Waals surface area contributed by atoms with Crippen molar-refractivity contribution in [2.75, 3.05) is 0 Å². The molecular formula is C18H27ClS. The van der Waals surface area contributed by atoms with E-state index < -0.39 is 9.24 Å². The third kappa shape index (κ3) is 3.51. The lowest BCUT2D eigenvalue weighted by Crippen LogP contribution is -2.24. The van der Waals surface area contributed by atoms with Gasteiger partial charge >= 0.3 is 0 Å². The van der Waals surface area contributed by atoms with E-state index in [9.17, 15) is 0 Å². The second-order valence-electron chi connectivity index (χ2n) is 6.21. The number of benzene rings is 1. The minimum Gasteiger partial charge on any atom is -0.107 e. The van der Waals surface area contributed by atoms with Gasteiger partial charge < -0.3 is 0 Å². The molecule has 1 aromatic carbocycles. The molecule has 0 aliphatic carbocycles. The monoisotopic (exact) mass is 310 g/mol. The van der Waals surface area contributed by atoms with Crippen LogP contribution in [0.25, 0.3) is 0 Å². The zero-order chi connectivity index (χ0) is 15.4. The Labute approximate surface area is 130 Å². The molecule has 0 nitrogen and oxygen atoms in total. The van der Waals surface area contributed by atoms with Crippen LogP contribution >= 0.6 is 19.9 Å². The van der Waals surface area contributed by atoms with Crippen molar-refractivity contribution in [2.24, 2.45) is 5.92 Å². The fourth-order valence-corrected chi connectivity index (χ4v) is 6.38. The molecule has 0 bridgehead atoms. The van der Waals surface area contributed by atoms with Crippen molar-refractivity contribution in [2.45, 2.75) is 51.2 Å². The fourth-order valence-electron chi connectivity index (χ4n) is 2.25. The van der Waals surface area contributed by atoms with E-state index in [1.807, 2.05) is 13.0 Å². The lowest BCUT2D eigenvalue weighted by molar-refractivity contribution is 0.767. The molecule has 0 spiro atoms. The van der Waals surface area contributed by atoms with Crippen LogP contribution in [0.15, 0.2) is 58.4 Å². The Kier molecular flexibility index (Phi) is 5.97. The maximum atomic E-state index is 7.32. The van der Waals surface area contributed by atoms with Gasteiger partial charge in [-0.2, -0.15) is 0 Å². The first-order valence-electron chi connectivity index (χ1n) is 7.15. The van der Waals surface area contributed by atoms with Gasteiger partial charge in [-0.25, -0.2) is 0 Å².